The van der Waals surface area contributed by atoms with Crippen molar-refractivity contribution in [3.05, 3.63) is 47.0 Å². The summed E-state index contributed by atoms with van der Waals surface area (Å²) in [6.45, 7) is 8.33. The third-order valence-corrected chi connectivity index (χ3v) is 4.28. The fourth-order valence-electron chi connectivity index (χ4n) is 2.65. The second-order valence-corrected chi connectivity index (χ2v) is 6.69. The molecule has 0 amide bonds. The molecule has 0 aromatic carbocycles. The normalized spacial score (nSPS) is 16.3. The Labute approximate surface area is 166 Å². The quantitative estimate of drug-likeness (QED) is 0.216. The summed E-state index contributed by atoms with van der Waals surface area (Å²) in [6.07, 6.45) is 8.32. The molecule has 1 fully saturated rings. The van der Waals surface area contributed by atoms with Crippen LogP contribution in [0.25, 0.3) is 0 Å². The monoisotopic (exact) mass is 393 g/mol. The largest absolute Gasteiger partial charge is 0.507 e. The van der Waals surface area contributed by atoms with Gasteiger partial charge in [0.1, 0.15) is 17.1 Å². The Morgan fingerprint density at radius 1 is 1.04 bits per heavy atom. The zero-order chi connectivity index (χ0) is 21.9. The number of hydrogen-bond acceptors (Lipinski definition) is 5. The van der Waals surface area contributed by atoms with E-state index in [0.29, 0.717) is 16.9 Å². The van der Waals surface area contributed by atoms with Crippen LogP contribution in [0.1, 0.15) is 52.9 Å². The number of carboxylic acids is 2. The molecule has 0 aliphatic heterocycles. The number of rotatable bonds is 7. The van der Waals surface area contributed by atoms with E-state index in [1.165, 1.54) is 26.5 Å². The van der Waals surface area contributed by atoms with Crippen LogP contribution in [0.15, 0.2) is 47.0 Å². The molecule has 1 aliphatic rings. The second kappa shape index (κ2) is 12.5. The lowest BCUT2D eigenvalue weighted by Gasteiger charge is -2.16. The predicted octanol–water partition coefficient (Wildman–Crippen LogP) is 4.63. The van der Waals surface area contributed by atoms with E-state index in [1.807, 2.05) is 0 Å². The molecule has 7 heteroatoms. The summed E-state index contributed by atoms with van der Waals surface area (Å²) in [4.78, 5) is 21.3. The van der Waals surface area contributed by atoms with Crippen molar-refractivity contribution in [1.29, 1.82) is 5.41 Å². The molecule has 0 aromatic heterocycles. The van der Waals surface area contributed by atoms with E-state index in [9.17, 15) is 14.7 Å². The molecule has 4 N–H and O–H groups in total. The van der Waals surface area contributed by atoms with Gasteiger partial charge in [0, 0.05) is 5.71 Å². The van der Waals surface area contributed by atoms with Crippen LogP contribution in [0.4, 0.5) is 0 Å². The fourth-order valence-corrected chi connectivity index (χ4v) is 2.65. The van der Waals surface area contributed by atoms with Crippen LogP contribution in [0, 0.1) is 11.3 Å². The van der Waals surface area contributed by atoms with Gasteiger partial charge in [-0.2, -0.15) is 0 Å². The van der Waals surface area contributed by atoms with E-state index in [2.05, 4.69) is 6.58 Å². The van der Waals surface area contributed by atoms with Crippen molar-refractivity contribution in [2.75, 3.05) is 7.11 Å². The minimum atomic E-state index is -1.34. The highest BCUT2D eigenvalue weighted by Gasteiger charge is 2.19. The highest BCUT2D eigenvalue weighted by Crippen LogP contribution is 2.23. The molecule has 0 unspecified atom stereocenters. The Bertz CT molecular complexity index is 678. The Kier molecular flexibility index (Phi) is 11.3. The summed E-state index contributed by atoms with van der Waals surface area (Å²) in [5.41, 5.74) is 0.390. The van der Waals surface area contributed by atoms with Gasteiger partial charge in [-0.05, 0) is 50.8 Å². The highest BCUT2D eigenvalue weighted by atomic mass is 16.5. The topological polar surface area (TPSA) is 128 Å². The van der Waals surface area contributed by atoms with E-state index in [-0.39, 0.29) is 11.6 Å². The van der Waals surface area contributed by atoms with Gasteiger partial charge in [-0.1, -0.05) is 31.9 Å². The molecule has 0 aromatic rings. The summed E-state index contributed by atoms with van der Waals surface area (Å²) in [5.74, 6) is -1.88. The molecule has 0 bridgehead atoms. The minimum Gasteiger partial charge on any atom is -0.507 e. The summed E-state index contributed by atoms with van der Waals surface area (Å²) in [5, 5.41) is 34.7. The van der Waals surface area contributed by atoms with Crippen LogP contribution in [0.5, 0.6) is 0 Å². The third-order valence-electron chi connectivity index (χ3n) is 4.28. The highest BCUT2D eigenvalue weighted by molar-refractivity contribution is 6.17. The number of aliphatic hydroxyl groups excluding tert-OH is 1. The zero-order valence-corrected chi connectivity index (χ0v) is 17.0. The van der Waals surface area contributed by atoms with Gasteiger partial charge in [-0.3, -0.25) is 4.79 Å². The fraction of sp³-hybridized carbons (Fsp3) is 0.476. The molecule has 0 spiro atoms. The van der Waals surface area contributed by atoms with E-state index in [0.717, 1.165) is 25.7 Å². The Balaban J connectivity index is 0.000000668. The maximum Gasteiger partial charge on any atom is 0.341 e. The van der Waals surface area contributed by atoms with Gasteiger partial charge in [-0.15, -0.1) is 0 Å². The first-order chi connectivity index (χ1) is 13.0. The van der Waals surface area contributed by atoms with Gasteiger partial charge in [0.15, 0.2) is 0 Å². The Morgan fingerprint density at radius 2 is 1.57 bits per heavy atom. The molecule has 1 aliphatic carbocycles. The lowest BCUT2D eigenvalue weighted by Crippen LogP contribution is -2.16. The van der Waals surface area contributed by atoms with Crippen molar-refractivity contribution >= 4 is 17.7 Å². The molecule has 0 atom stereocenters. The van der Waals surface area contributed by atoms with Crippen molar-refractivity contribution in [2.45, 2.75) is 52.9 Å². The number of aliphatic carboxylic acids is 2. The van der Waals surface area contributed by atoms with E-state index in [1.54, 1.807) is 19.9 Å². The van der Waals surface area contributed by atoms with Crippen LogP contribution in [-0.4, -0.2) is 40.1 Å². The first-order valence-corrected chi connectivity index (χ1v) is 9.06. The van der Waals surface area contributed by atoms with Gasteiger partial charge in [-0.25, -0.2) is 4.79 Å². The lowest BCUT2D eigenvalue weighted by molar-refractivity contribution is -0.142. The number of nitrogens with one attached hydrogen (secondary N) is 1. The van der Waals surface area contributed by atoms with Gasteiger partial charge < -0.3 is 25.5 Å². The molecule has 1 rings (SSSR count). The van der Waals surface area contributed by atoms with Crippen molar-refractivity contribution in [2.24, 2.45) is 5.92 Å². The number of aliphatic hydroxyl groups is 1. The first-order valence-electron chi connectivity index (χ1n) is 9.06. The van der Waals surface area contributed by atoms with Gasteiger partial charge in [0.25, 0.3) is 0 Å². The van der Waals surface area contributed by atoms with Crippen LogP contribution < -0.4 is 0 Å². The molecule has 1 saturated carbocycles. The van der Waals surface area contributed by atoms with E-state index < -0.39 is 23.3 Å². The van der Waals surface area contributed by atoms with Gasteiger partial charge >= 0.3 is 11.9 Å². The lowest BCUT2D eigenvalue weighted by atomic mass is 9.90. The van der Waals surface area contributed by atoms with Gasteiger partial charge in [0.05, 0.1) is 13.0 Å². The number of carboxylic acid groups (broad SMARTS) is 2. The van der Waals surface area contributed by atoms with Crippen molar-refractivity contribution in [3.63, 3.8) is 0 Å². The molecule has 28 heavy (non-hydrogen) atoms. The SMILES string of the molecule is C=C(C)\C(=C/C=C(C)/C(O)=C(/C(C)=N)C(=O)O)OC.O=C(O)C1CCCCC1. The molecule has 156 valence electrons. The van der Waals surface area contributed by atoms with Crippen LogP contribution in [0.3, 0.4) is 0 Å². The van der Waals surface area contributed by atoms with Crippen molar-refractivity contribution in [1.82, 2.24) is 0 Å². The Hall–Kier alpha value is -2.83. The maximum atomic E-state index is 10.9. The number of methoxy groups -OCH3 is 1. The smallest absolute Gasteiger partial charge is 0.341 e. The van der Waals surface area contributed by atoms with Crippen molar-refractivity contribution < 1.29 is 29.6 Å². The Morgan fingerprint density at radius 3 is 1.89 bits per heavy atom. The van der Waals surface area contributed by atoms with Gasteiger partial charge in [0.2, 0.25) is 0 Å². The second-order valence-electron chi connectivity index (χ2n) is 6.69. The number of allylic oxidation sites excluding steroid dienone is 4. The van der Waals surface area contributed by atoms with E-state index >= 15 is 0 Å². The standard InChI is InChI=1S/C14H19NO4.C7H12O2/c1-8(2)11(19-5)7-6-9(3)13(16)12(10(4)15)14(17)18;8-7(9)6-4-2-1-3-5-6/h6-7,15-16H,1H2,2-5H3,(H,17,18);6H,1-5H2,(H,8,9)/b9-6+,11-7+,13-12+,15-10?;. The minimum absolute atomic E-state index is 0.0289. The molecule has 0 heterocycles. The van der Waals surface area contributed by atoms with Crippen molar-refractivity contribution in [3.8, 4) is 0 Å². The molecular formula is C21H31NO6. The average Bonchev–Trinajstić information content (AvgIpc) is 2.62. The summed E-state index contributed by atoms with van der Waals surface area (Å²) in [6, 6.07) is 0. The number of carbonyl (C=O) groups is 2. The summed E-state index contributed by atoms with van der Waals surface area (Å²) < 4.78 is 5.06. The van der Waals surface area contributed by atoms with Crippen LogP contribution >= 0.6 is 0 Å². The van der Waals surface area contributed by atoms with E-state index in [4.69, 9.17) is 20.4 Å². The maximum absolute atomic E-state index is 10.9. The zero-order valence-electron chi connectivity index (χ0n) is 17.0. The average molecular weight is 393 g/mol. The molecular weight excluding hydrogens is 362 g/mol. The molecule has 0 saturated heterocycles. The summed E-state index contributed by atoms with van der Waals surface area (Å²) >= 11 is 0. The molecule has 7 nitrogen and oxygen atoms in total. The molecule has 0 radical (unpaired) electrons. The number of ether oxygens (including phenoxy) is 1. The summed E-state index contributed by atoms with van der Waals surface area (Å²) in [7, 11) is 1.49. The number of hydrogen-bond donors (Lipinski definition) is 4. The first kappa shape index (κ1) is 25.2. The predicted molar refractivity (Wildman–Crippen MR) is 109 cm³/mol. The third kappa shape index (κ3) is 8.70. The van der Waals surface area contributed by atoms with Crippen LogP contribution in [0.2, 0.25) is 0 Å². The van der Waals surface area contributed by atoms with Crippen LogP contribution in [-0.2, 0) is 14.3 Å².